The molecule has 9 rings (SSSR count). The minimum Gasteiger partial charge on any atom is -0.458 e. The Kier molecular flexibility index (Phi) is 3.19. The Labute approximate surface area is 203 Å². The molecule has 0 saturated heterocycles. The summed E-state index contributed by atoms with van der Waals surface area (Å²) >= 11 is 0. The SMILES string of the molecule is c1ccc2c(c1)Oc1cccc3c1B2c1cccc2c1N3c1cccc3c1B2c1ccccc1O3. The third-order valence-corrected chi connectivity index (χ3v) is 7.99. The van der Waals surface area contributed by atoms with Gasteiger partial charge in [-0.15, -0.1) is 0 Å². The van der Waals surface area contributed by atoms with Crippen molar-refractivity contribution in [1.82, 2.24) is 0 Å². The van der Waals surface area contributed by atoms with Crippen molar-refractivity contribution in [3.8, 4) is 23.0 Å². The molecule has 5 aromatic carbocycles. The van der Waals surface area contributed by atoms with Crippen LogP contribution in [0.25, 0.3) is 0 Å². The number of hydrogen-bond acceptors (Lipinski definition) is 3. The molecule has 5 aromatic rings. The molecule has 160 valence electrons. The van der Waals surface area contributed by atoms with Gasteiger partial charge in [0.2, 0.25) is 0 Å². The molecule has 0 amide bonds. The van der Waals surface area contributed by atoms with E-state index in [2.05, 4.69) is 108 Å². The van der Waals surface area contributed by atoms with Crippen LogP contribution < -0.4 is 47.2 Å². The maximum atomic E-state index is 6.44. The second-order valence-electron chi connectivity index (χ2n) is 9.64. The zero-order valence-electron chi connectivity index (χ0n) is 18.7. The van der Waals surface area contributed by atoms with Gasteiger partial charge in [0, 0.05) is 17.1 Å². The van der Waals surface area contributed by atoms with Crippen LogP contribution in [-0.4, -0.2) is 13.4 Å². The lowest BCUT2D eigenvalue weighted by Gasteiger charge is -2.46. The van der Waals surface area contributed by atoms with Crippen LogP contribution in [0.4, 0.5) is 17.1 Å². The summed E-state index contributed by atoms with van der Waals surface area (Å²) in [5, 5.41) is 0. The largest absolute Gasteiger partial charge is 0.458 e. The van der Waals surface area contributed by atoms with Crippen molar-refractivity contribution in [2.45, 2.75) is 0 Å². The van der Waals surface area contributed by atoms with Gasteiger partial charge in [-0.3, -0.25) is 0 Å². The van der Waals surface area contributed by atoms with Crippen molar-refractivity contribution < 1.29 is 9.47 Å². The van der Waals surface area contributed by atoms with Crippen molar-refractivity contribution in [3.63, 3.8) is 0 Å². The van der Waals surface area contributed by atoms with Gasteiger partial charge >= 0.3 is 0 Å². The standard InChI is InChI=1S/C30H17B2NO2/c1-3-14-24-18(8-1)31-20-10-5-11-21-30(20)33(22-12-6-16-26(34-24)28(22)31)23-13-7-17-27-29(23)32(21)19-9-2-4-15-25(19)35-27/h1-17H. The molecule has 35 heavy (non-hydrogen) atoms. The van der Waals surface area contributed by atoms with Gasteiger partial charge in [-0.1, -0.05) is 66.7 Å². The molecule has 0 aromatic heterocycles. The first-order chi connectivity index (χ1) is 17.4. The minimum atomic E-state index is 0.136. The Morgan fingerprint density at radius 3 is 1.40 bits per heavy atom. The Morgan fingerprint density at radius 1 is 0.429 bits per heavy atom. The van der Waals surface area contributed by atoms with E-state index in [1.165, 1.54) is 49.8 Å². The van der Waals surface area contributed by atoms with E-state index in [-0.39, 0.29) is 13.4 Å². The van der Waals surface area contributed by atoms with Crippen molar-refractivity contribution in [1.29, 1.82) is 0 Å². The zero-order valence-corrected chi connectivity index (χ0v) is 18.7. The van der Waals surface area contributed by atoms with Crippen LogP contribution in [-0.2, 0) is 0 Å². The lowest BCUT2D eigenvalue weighted by molar-refractivity contribution is 0.487. The Hall–Kier alpha value is -4.37. The molecular formula is C30H17B2NO2. The summed E-state index contributed by atoms with van der Waals surface area (Å²) in [5.41, 5.74) is 11.3. The summed E-state index contributed by atoms with van der Waals surface area (Å²) in [6.07, 6.45) is 0. The van der Waals surface area contributed by atoms with Crippen LogP contribution in [0, 0.1) is 0 Å². The Balaban J connectivity index is 1.43. The number of rotatable bonds is 0. The molecule has 0 unspecified atom stereocenters. The fraction of sp³-hybridized carbons (Fsp3) is 0. The fourth-order valence-corrected chi connectivity index (χ4v) is 6.71. The number of ether oxygens (including phenoxy) is 2. The van der Waals surface area contributed by atoms with Gasteiger partial charge in [0.25, 0.3) is 13.4 Å². The second-order valence-corrected chi connectivity index (χ2v) is 9.64. The fourth-order valence-electron chi connectivity index (χ4n) is 6.71. The predicted octanol–water partition coefficient (Wildman–Crippen LogP) is 3.03. The molecule has 0 aliphatic carbocycles. The minimum absolute atomic E-state index is 0.136. The highest BCUT2D eigenvalue weighted by molar-refractivity contribution is 7.03. The molecule has 3 nitrogen and oxygen atoms in total. The van der Waals surface area contributed by atoms with Gasteiger partial charge in [0.05, 0.1) is 0 Å². The Bertz CT molecular complexity index is 1620. The highest BCUT2D eigenvalue weighted by Crippen LogP contribution is 2.43. The van der Waals surface area contributed by atoms with Gasteiger partial charge in [-0.2, -0.15) is 0 Å². The third-order valence-electron chi connectivity index (χ3n) is 7.99. The van der Waals surface area contributed by atoms with Crippen molar-refractivity contribution in [2.24, 2.45) is 0 Å². The molecule has 5 heteroatoms. The average molecular weight is 445 g/mol. The van der Waals surface area contributed by atoms with Crippen LogP contribution in [0.2, 0.25) is 0 Å². The Morgan fingerprint density at radius 2 is 0.857 bits per heavy atom. The first-order valence-electron chi connectivity index (χ1n) is 12.1. The van der Waals surface area contributed by atoms with Gasteiger partial charge in [-0.25, -0.2) is 0 Å². The smallest absolute Gasteiger partial charge is 0.256 e. The molecule has 4 aliphatic rings. The lowest BCUT2D eigenvalue weighted by Crippen LogP contribution is -2.66. The van der Waals surface area contributed by atoms with Crippen LogP contribution in [0.15, 0.2) is 103 Å². The highest BCUT2D eigenvalue weighted by Gasteiger charge is 2.48. The normalized spacial score (nSPS) is 14.6. The van der Waals surface area contributed by atoms with Gasteiger partial charge in [-0.05, 0) is 69.2 Å². The van der Waals surface area contributed by atoms with Gasteiger partial charge in [0.15, 0.2) is 0 Å². The third kappa shape index (κ3) is 2.11. The maximum absolute atomic E-state index is 6.44. The molecule has 0 radical (unpaired) electrons. The van der Waals surface area contributed by atoms with Crippen molar-refractivity contribution in [2.75, 3.05) is 4.90 Å². The number of fused-ring (bicyclic) bond motifs is 8. The van der Waals surface area contributed by atoms with Crippen LogP contribution in [0.5, 0.6) is 23.0 Å². The average Bonchev–Trinajstić information content (AvgIpc) is 2.91. The summed E-state index contributed by atoms with van der Waals surface area (Å²) in [7, 11) is 0. The molecular weight excluding hydrogens is 428 g/mol. The predicted molar refractivity (Wildman–Crippen MR) is 143 cm³/mol. The van der Waals surface area contributed by atoms with E-state index in [1.807, 2.05) is 0 Å². The lowest BCUT2D eigenvalue weighted by atomic mass is 9.29. The molecule has 0 saturated carbocycles. The number of nitrogens with zero attached hydrogens (tertiary/aromatic N) is 1. The van der Waals surface area contributed by atoms with E-state index in [4.69, 9.17) is 9.47 Å². The summed E-state index contributed by atoms with van der Waals surface area (Å²) < 4.78 is 12.9. The highest BCUT2D eigenvalue weighted by atomic mass is 16.5. The van der Waals surface area contributed by atoms with E-state index in [0.29, 0.717) is 0 Å². The van der Waals surface area contributed by atoms with Crippen LogP contribution in [0.3, 0.4) is 0 Å². The molecule has 0 bridgehead atoms. The zero-order chi connectivity index (χ0) is 22.7. The van der Waals surface area contributed by atoms with E-state index >= 15 is 0 Å². The molecule has 4 aliphatic heterocycles. The maximum Gasteiger partial charge on any atom is 0.256 e. The quantitative estimate of drug-likeness (QED) is 0.335. The summed E-state index contributed by atoms with van der Waals surface area (Å²) in [5.74, 6) is 3.78. The number of para-hydroxylation sites is 3. The molecule has 4 heterocycles. The number of benzene rings is 5. The summed E-state index contributed by atoms with van der Waals surface area (Å²) in [6, 6.07) is 36.7. The molecule has 0 atom stereocenters. The first-order valence-corrected chi connectivity index (χ1v) is 12.1. The topological polar surface area (TPSA) is 21.7 Å². The van der Waals surface area contributed by atoms with E-state index in [1.54, 1.807) is 0 Å². The number of anilines is 3. The van der Waals surface area contributed by atoms with E-state index in [0.717, 1.165) is 23.0 Å². The second kappa shape index (κ2) is 6.19. The van der Waals surface area contributed by atoms with E-state index in [9.17, 15) is 0 Å². The first kappa shape index (κ1) is 18.0. The van der Waals surface area contributed by atoms with Crippen molar-refractivity contribution in [3.05, 3.63) is 103 Å². The van der Waals surface area contributed by atoms with Crippen molar-refractivity contribution >= 4 is 63.3 Å². The molecule has 0 N–H and O–H groups in total. The molecule has 0 spiro atoms. The van der Waals surface area contributed by atoms with E-state index < -0.39 is 0 Å². The monoisotopic (exact) mass is 445 g/mol. The van der Waals surface area contributed by atoms with Crippen LogP contribution in [0.1, 0.15) is 0 Å². The molecule has 0 fully saturated rings. The summed E-state index contributed by atoms with van der Waals surface area (Å²) in [4.78, 5) is 2.45. The van der Waals surface area contributed by atoms with Crippen LogP contribution >= 0.6 is 0 Å². The summed E-state index contributed by atoms with van der Waals surface area (Å²) in [6.45, 7) is 0.273. The van der Waals surface area contributed by atoms with Gasteiger partial charge < -0.3 is 14.4 Å². The number of hydrogen-bond donors (Lipinski definition) is 0. The van der Waals surface area contributed by atoms with Gasteiger partial charge in [0.1, 0.15) is 23.0 Å².